The van der Waals surface area contributed by atoms with E-state index in [4.69, 9.17) is 4.74 Å². The first kappa shape index (κ1) is 21.1. The van der Waals surface area contributed by atoms with E-state index in [1.807, 2.05) is 35.2 Å². The Labute approximate surface area is 168 Å². The SMILES string of the molecule is CCS(=O)(=O)N1CCC(C(=O)N2CCN(CCOc3ccccc3)CC2)CC1. The van der Waals surface area contributed by atoms with Crippen LogP contribution in [0, 0.1) is 5.92 Å². The van der Waals surface area contributed by atoms with Crippen LogP contribution in [-0.2, 0) is 14.8 Å². The first-order chi connectivity index (χ1) is 13.5. The van der Waals surface area contributed by atoms with Crippen LogP contribution in [0.5, 0.6) is 5.75 Å². The molecular formula is C20H31N3O4S. The molecule has 2 saturated heterocycles. The third-order valence-corrected chi connectivity index (χ3v) is 7.55. The van der Waals surface area contributed by atoms with Gasteiger partial charge in [-0.15, -0.1) is 0 Å². The fourth-order valence-electron chi connectivity index (χ4n) is 3.82. The average Bonchev–Trinajstić information content (AvgIpc) is 2.74. The molecule has 0 spiro atoms. The first-order valence-corrected chi connectivity index (χ1v) is 11.8. The van der Waals surface area contributed by atoms with Gasteiger partial charge in [-0.3, -0.25) is 9.69 Å². The standard InChI is InChI=1S/C20H31N3O4S/c1-2-28(25,26)23-10-8-18(9-11-23)20(24)22-14-12-21(13-15-22)16-17-27-19-6-4-3-5-7-19/h3-7,18H,2,8-17H2,1H3. The van der Waals surface area contributed by atoms with E-state index in [2.05, 4.69) is 4.90 Å². The summed E-state index contributed by atoms with van der Waals surface area (Å²) in [7, 11) is -3.14. The Morgan fingerprint density at radius 3 is 2.29 bits per heavy atom. The van der Waals surface area contributed by atoms with Crippen LogP contribution in [0.2, 0.25) is 0 Å². The van der Waals surface area contributed by atoms with Gasteiger partial charge in [0.05, 0.1) is 5.75 Å². The van der Waals surface area contributed by atoms with Gasteiger partial charge in [-0.1, -0.05) is 18.2 Å². The maximum Gasteiger partial charge on any atom is 0.225 e. The van der Waals surface area contributed by atoms with Crippen LogP contribution in [0.1, 0.15) is 19.8 Å². The summed E-state index contributed by atoms with van der Waals surface area (Å²) in [5.41, 5.74) is 0. The number of hydrogen-bond acceptors (Lipinski definition) is 5. The molecule has 0 aromatic heterocycles. The van der Waals surface area contributed by atoms with Crippen LogP contribution in [0.3, 0.4) is 0 Å². The normalized spacial score (nSPS) is 20.2. The molecule has 0 unspecified atom stereocenters. The molecule has 2 fully saturated rings. The van der Waals surface area contributed by atoms with Crippen molar-refractivity contribution in [1.82, 2.24) is 14.1 Å². The number of piperazine rings is 1. The lowest BCUT2D eigenvalue weighted by Gasteiger charge is -2.38. The minimum absolute atomic E-state index is 0.0451. The maximum atomic E-state index is 12.8. The highest BCUT2D eigenvalue weighted by molar-refractivity contribution is 7.89. The minimum Gasteiger partial charge on any atom is -0.492 e. The molecular weight excluding hydrogens is 378 g/mol. The molecule has 7 nitrogen and oxygen atoms in total. The number of hydrogen-bond donors (Lipinski definition) is 0. The summed E-state index contributed by atoms with van der Waals surface area (Å²) in [6.45, 7) is 7.26. The van der Waals surface area contributed by atoms with Gasteiger partial charge in [0.15, 0.2) is 0 Å². The molecule has 1 aromatic carbocycles. The van der Waals surface area contributed by atoms with Crippen molar-refractivity contribution in [3.63, 3.8) is 0 Å². The number of para-hydroxylation sites is 1. The fraction of sp³-hybridized carbons (Fsp3) is 0.650. The molecule has 28 heavy (non-hydrogen) atoms. The smallest absolute Gasteiger partial charge is 0.225 e. The van der Waals surface area contributed by atoms with Gasteiger partial charge in [0.2, 0.25) is 15.9 Å². The topological polar surface area (TPSA) is 70.2 Å². The summed E-state index contributed by atoms with van der Waals surface area (Å²) in [5.74, 6) is 1.15. The predicted octanol–water partition coefficient (Wildman–Crippen LogP) is 1.27. The summed E-state index contributed by atoms with van der Waals surface area (Å²) in [5, 5.41) is 0. The van der Waals surface area contributed by atoms with Crippen LogP contribution in [0.25, 0.3) is 0 Å². The first-order valence-electron chi connectivity index (χ1n) is 10.2. The summed E-state index contributed by atoms with van der Waals surface area (Å²) in [6, 6.07) is 9.79. The molecule has 0 aliphatic carbocycles. The van der Waals surface area contributed by atoms with E-state index in [1.54, 1.807) is 6.92 Å². The van der Waals surface area contributed by atoms with Crippen molar-refractivity contribution in [2.45, 2.75) is 19.8 Å². The van der Waals surface area contributed by atoms with Crippen molar-refractivity contribution < 1.29 is 17.9 Å². The number of nitrogens with zero attached hydrogens (tertiary/aromatic N) is 3. The van der Waals surface area contributed by atoms with Gasteiger partial charge in [-0.2, -0.15) is 0 Å². The molecule has 0 bridgehead atoms. The van der Waals surface area contributed by atoms with Crippen molar-refractivity contribution >= 4 is 15.9 Å². The van der Waals surface area contributed by atoms with Gasteiger partial charge < -0.3 is 9.64 Å². The summed E-state index contributed by atoms with van der Waals surface area (Å²) < 4.78 is 31.2. The van der Waals surface area contributed by atoms with Gasteiger partial charge in [-0.05, 0) is 31.9 Å². The zero-order valence-corrected chi connectivity index (χ0v) is 17.4. The number of benzene rings is 1. The molecule has 3 rings (SSSR count). The fourth-order valence-corrected chi connectivity index (χ4v) is 4.96. The third kappa shape index (κ3) is 5.46. The number of piperidine rings is 1. The van der Waals surface area contributed by atoms with Crippen LogP contribution in [-0.4, -0.2) is 86.6 Å². The van der Waals surface area contributed by atoms with Crippen LogP contribution >= 0.6 is 0 Å². The Bertz CT molecular complexity index is 725. The van der Waals surface area contributed by atoms with Crippen molar-refractivity contribution in [2.24, 2.45) is 5.92 Å². The van der Waals surface area contributed by atoms with Gasteiger partial charge in [0.1, 0.15) is 12.4 Å². The number of sulfonamides is 1. The highest BCUT2D eigenvalue weighted by Crippen LogP contribution is 2.22. The molecule has 0 N–H and O–H groups in total. The Balaban J connectivity index is 1.37. The maximum absolute atomic E-state index is 12.8. The molecule has 0 radical (unpaired) electrons. The van der Waals surface area contributed by atoms with E-state index in [0.29, 0.717) is 32.5 Å². The highest BCUT2D eigenvalue weighted by atomic mass is 32.2. The molecule has 2 heterocycles. The van der Waals surface area contributed by atoms with E-state index >= 15 is 0 Å². The van der Waals surface area contributed by atoms with Gasteiger partial charge >= 0.3 is 0 Å². The second-order valence-electron chi connectivity index (χ2n) is 7.40. The number of carbonyl (C=O) groups is 1. The van der Waals surface area contributed by atoms with Crippen LogP contribution in [0.15, 0.2) is 30.3 Å². The zero-order valence-electron chi connectivity index (χ0n) is 16.6. The van der Waals surface area contributed by atoms with Crippen LogP contribution in [0.4, 0.5) is 0 Å². The van der Waals surface area contributed by atoms with Crippen molar-refractivity contribution in [3.05, 3.63) is 30.3 Å². The average molecular weight is 410 g/mol. The quantitative estimate of drug-likeness (QED) is 0.678. The third-order valence-electron chi connectivity index (χ3n) is 5.66. The second kappa shape index (κ2) is 9.71. The Morgan fingerprint density at radius 2 is 1.68 bits per heavy atom. The summed E-state index contributed by atoms with van der Waals surface area (Å²) in [4.78, 5) is 17.1. The molecule has 1 aromatic rings. The Morgan fingerprint density at radius 1 is 1.04 bits per heavy atom. The molecule has 0 saturated carbocycles. The number of ether oxygens (including phenoxy) is 1. The number of rotatable bonds is 7. The molecule has 2 aliphatic rings. The number of carbonyl (C=O) groups excluding carboxylic acids is 1. The number of amides is 1. The Kier molecular flexibility index (Phi) is 7.31. The van der Waals surface area contributed by atoms with E-state index in [1.165, 1.54) is 4.31 Å². The lowest BCUT2D eigenvalue weighted by molar-refractivity contribution is -0.138. The zero-order chi connectivity index (χ0) is 20.0. The predicted molar refractivity (Wildman–Crippen MR) is 109 cm³/mol. The van der Waals surface area contributed by atoms with Crippen LogP contribution < -0.4 is 4.74 Å². The highest BCUT2D eigenvalue weighted by Gasteiger charge is 2.33. The van der Waals surface area contributed by atoms with Gasteiger partial charge in [-0.25, -0.2) is 12.7 Å². The van der Waals surface area contributed by atoms with E-state index in [9.17, 15) is 13.2 Å². The van der Waals surface area contributed by atoms with Gasteiger partial charge in [0.25, 0.3) is 0 Å². The summed E-state index contributed by atoms with van der Waals surface area (Å²) >= 11 is 0. The van der Waals surface area contributed by atoms with E-state index < -0.39 is 10.0 Å². The van der Waals surface area contributed by atoms with Crippen molar-refractivity contribution in [1.29, 1.82) is 0 Å². The van der Waals surface area contributed by atoms with Crippen molar-refractivity contribution in [2.75, 3.05) is 58.2 Å². The minimum atomic E-state index is -3.14. The monoisotopic (exact) mass is 409 g/mol. The molecule has 8 heteroatoms. The lowest BCUT2D eigenvalue weighted by atomic mass is 9.96. The summed E-state index contributed by atoms with van der Waals surface area (Å²) in [6.07, 6.45) is 1.26. The Hall–Kier alpha value is -1.64. The lowest BCUT2D eigenvalue weighted by Crippen LogP contribution is -2.52. The molecule has 0 atom stereocenters. The molecule has 2 aliphatic heterocycles. The van der Waals surface area contributed by atoms with E-state index in [-0.39, 0.29) is 17.6 Å². The van der Waals surface area contributed by atoms with E-state index in [0.717, 1.165) is 38.5 Å². The molecule has 156 valence electrons. The molecule has 1 amide bonds. The second-order valence-corrected chi connectivity index (χ2v) is 9.66. The largest absolute Gasteiger partial charge is 0.492 e. The van der Waals surface area contributed by atoms with Crippen molar-refractivity contribution in [3.8, 4) is 5.75 Å². The van der Waals surface area contributed by atoms with Gasteiger partial charge in [0, 0.05) is 51.7 Å².